The summed E-state index contributed by atoms with van der Waals surface area (Å²) in [6.45, 7) is 8.14. The molecule has 0 aromatic rings. The van der Waals surface area contributed by atoms with Crippen LogP contribution < -0.4 is 0 Å². The highest BCUT2D eigenvalue weighted by atomic mass is 32.1. The van der Waals surface area contributed by atoms with E-state index < -0.39 is 0 Å². The zero-order valence-corrected chi connectivity index (χ0v) is 14.7. The molecule has 0 amide bonds. The average molecular weight is 299 g/mol. The maximum absolute atomic E-state index is 6.43. The molecule has 2 fully saturated rings. The van der Waals surface area contributed by atoms with Gasteiger partial charge in [0.15, 0.2) is 0 Å². The van der Waals surface area contributed by atoms with Crippen molar-refractivity contribution in [1.29, 1.82) is 0 Å². The summed E-state index contributed by atoms with van der Waals surface area (Å²) in [4.78, 5) is 0. The Morgan fingerprint density at radius 3 is 2.25 bits per heavy atom. The van der Waals surface area contributed by atoms with Crippen molar-refractivity contribution in [3.63, 3.8) is 0 Å². The molecule has 2 heteroatoms. The summed E-state index contributed by atoms with van der Waals surface area (Å²) in [5.41, 5.74) is 0.824. The summed E-state index contributed by atoms with van der Waals surface area (Å²) in [5, 5.41) is 0. The van der Waals surface area contributed by atoms with E-state index in [0.29, 0.717) is 16.9 Å². The number of hydrogen-bond donors (Lipinski definition) is 1. The van der Waals surface area contributed by atoms with Crippen LogP contribution in [0.2, 0.25) is 0 Å². The smallest absolute Gasteiger partial charge is 0.0583 e. The van der Waals surface area contributed by atoms with E-state index in [2.05, 4.69) is 33.4 Å². The molecule has 0 N–H and O–H groups in total. The van der Waals surface area contributed by atoms with Crippen molar-refractivity contribution in [1.82, 2.24) is 0 Å². The number of hydrogen-bond acceptors (Lipinski definition) is 2. The lowest BCUT2D eigenvalue weighted by atomic mass is 9.71. The van der Waals surface area contributed by atoms with Gasteiger partial charge in [-0.2, -0.15) is 12.6 Å². The topological polar surface area (TPSA) is 9.23 Å². The lowest BCUT2D eigenvalue weighted by Crippen LogP contribution is -2.36. The Morgan fingerprint density at radius 2 is 1.70 bits per heavy atom. The van der Waals surface area contributed by atoms with Gasteiger partial charge in [0.25, 0.3) is 0 Å². The normalized spacial score (nSPS) is 33.6. The predicted molar refractivity (Wildman–Crippen MR) is 90.5 cm³/mol. The summed E-state index contributed by atoms with van der Waals surface area (Å²) in [7, 11) is 0. The molecule has 0 heterocycles. The minimum atomic E-state index is 0.366. The van der Waals surface area contributed by atoms with E-state index in [-0.39, 0.29) is 0 Å². The second-order valence-electron chi connectivity index (χ2n) is 8.42. The molecule has 2 saturated carbocycles. The first-order valence-electron chi connectivity index (χ1n) is 8.67. The molecule has 118 valence electrons. The lowest BCUT2D eigenvalue weighted by Gasteiger charge is -2.41. The lowest BCUT2D eigenvalue weighted by molar-refractivity contribution is -0.0571. The van der Waals surface area contributed by atoms with Crippen molar-refractivity contribution < 1.29 is 4.74 Å². The van der Waals surface area contributed by atoms with Gasteiger partial charge < -0.3 is 4.74 Å². The molecule has 2 unspecified atom stereocenters. The van der Waals surface area contributed by atoms with Gasteiger partial charge in [-0.25, -0.2) is 0 Å². The highest BCUT2D eigenvalue weighted by molar-refractivity contribution is 7.80. The van der Waals surface area contributed by atoms with E-state index in [1.807, 2.05) is 0 Å². The molecular weight excluding hydrogens is 264 g/mol. The number of ether oxygens (including phenoxy) is 1. The predicted octanol–water partition coefficient (Wildman–Crippen LogP) is 5.49. The monoisotopic (exact) mass is 298 g/mol. The number of thiol groups is 1. The second kappa shape index (κ2) is 7.05. The molecule has 0 radical (unpaired) electrons. The fourth-order valence-electron chi connectivity index (χ4n) is 4.51. The third-order valence-electron chi connectivity index (χ3n) is 5.47. The third-order valence-corrected chi connectivity index (χ3v) is 6.14. The van der Waals surface area contributed by atoms with Gasteiger partial charge in [-0.1, -0.05) is 46.5 Å². The van der Waals surface area contributed by atoms with Crippen molar-refractivity contribution in [2.24, 2.45) is 16.7 Å². The van der Waals surface area contributed by atoms with Gasteiger partial charge in [0.1, 0.15) is 0 Å². The SMILES string of the molecule is CC1CC(OCC2(CS)CCCCCC2)CC(C)(C)C1. The number of rotatable bonds is 4. The van der Waals surface area contributed by atoms with Crippen LogP contribution >= 0.6 is 12.6 Å². The van der Waals surface area contributed by atoms with Gasteiger partial charge in [0.05, 0.1) is 12.7 Å². The maximum Gasteiger partial charge on any atom is 0.0583 e. The van der Waals surface area contributed by atoms with E-state index in [1.165, 1.54) is 57.8 Å². The first-order chi connectivity index (χ1) is 9.45. The first-order valence-corrected chi connectivity index (χ1v) is 9.30. The third kappa shape index (κ3) is 4.66. The Hall–Kier alpha value is 0.310. The summed E-state index contributed by atoms with van der Waals surface area (Å²) in [6.07, 6.45) is 12.5. The second-order valence-corrected chi connectivity index (χ2v) is 8.73. The standard InChI is InChI=1S/C18H34OS/c1-15-10-16(12-17(2,3)11-15)19-13-18(14-20)8-6-4-5-7-9-18/h15-16,20H,4-14H2,1-3H3. The first kappa shape index (κ1) is 16.7. The summed E-state index contributed by atoms with van der Waals surface area (Å²) in [5.74, 6) is 1.81. The Kier molecular flexibility index (Phi) is 5.88. The summed E-state index contributed by atoms with van der Waals surface area (Å²) < 4.78 is 6.43. The van der Waals surface area contributed by atoms with Gasteiger partial charge in [-0.05, 0) is 49.2 Å². The molecule has 0 spiro atoms. The van der Waals surface area contributed by atoms with Crippen LogP contribution in [0.4, 0.5) is 0 Å². The van der Waals surface area contributed by atoms with Crippen LogP contribution in [0.3, 0.4) is 0 Å². The van der Waals surface area contributed by atoms with Crippen LogP contribution in [0.1, 0.15) is 78.6 Å². The van der Waals surface area contributed by atoms with Crippen LogP contribution in [0.25, 0.3) is 0 Å². The molecule has 0 saturated heterocycles. The van der Waals surface area contributed by atoms with Gasteiger partial charge in [-0.3, -0.25) is 0 Å². The highest BCUT2D eigenvalue weighted by Gasteiger charge is 2.35. The molecular formula is C18H34OS. The van der Waals surface area contributed by atoms with Crippen molar-refractivity contribution in [3.05, 3.63) is 0 Å². The van der Waals surface area contributed by atoms with Crippen LogP contribution in [0.15, 0.2) is 0 Å². The molecule has 0 aliphatic heterocycles. The van der Waals surface area contributed by atoms with Gasteiger partial charge in [0.2, 0.25) is 0 Å². The van der Waals surface area contributed by atoms with E-state index in [9.17, 15) is 0 Å². The molecule has 0 bridgehead atoms. The van der Waals surface area contributed by atoms with E-state index in [0.717, 1.165) is 18.3 Å². The van der Waals surface area contributed by atoms with Gasteiger partial charge in [-0.15, -0.1) is 0 Å². The molecule has 1 nitrogen and oxygen atoms in total. The van der Waals surface area contributed by atoms with Crippen LogP contribution in [0, 0.1) is 16.7 Å². The minimum absolute atomic E-state index is 0.366. The molecule has 20 heavy (non-hydrogen) atoms. The maximum atomic E-state index is 6.43. The van der Waals surface area contributed by atoms with E-state index >= 15 is 0 Å². The molecule has 2 atom stereocenters. The molecule has 0 aromatic carbocycles. The molecule has 0 aromatic heterocycles. The molecule has 2 aliphatic carbocycles. The van der Waals surface area contributed by atoms with E-state index in [1.54, 1.807) is 0 Å². The summed E-state index contributed by atoms with van der Waals surface area (Å²) >= 11 is 4.67. The molecule has 2 aliphatic rings. The van der Waals surface area contributed by atoms with Gasteiger partial charge in [0, 0.05) is 5.41 Å². The largest absolute Gasteiger partial charge is 0.378 e. The van der Waals surface area contributed by atoms with Crippen LogP contribution in [-0.4, -0.2) is 18.5 Å². The zero-order valence-electron chi connectivity index (χ0n) is 13.8. The van der Waals surface area contributed by atoms with Crippen molar-refractivity contribution >= 4 is 12.6 Å². The quantitative estimate of drug-likeness (QED) is 0.533. The van der Waals surface area contributed by atoms with Crippen LogP contribution in [-0.2, 0) is 4.74 Å². The fourth-order valence-corrected chi connectivity index (χ4v) is 4.91. The zero-order chi connectivity index (χ0) is 14.6. The van der Waals surface area contributed by atoms with Crippen molar-refractivity contribution in [3.8, 4) is 0 Å². The van der Waals surface area contributed by atoms with E-state index in [4.69, 9.17) is 4.74 Å². The summed E-state index contributed by atoms with van der Waals surface area (Å²) in [6, 6.07) is 0. The fraction of sp³-hybridized carbons (Fsp3) is 1.00. The minimum Gasteiger partial charge on any atom is -0.378 e. The van der Waals surface area contributed by atoms with Gasteiger partial charge >= 0.3 is 0 Å². The highest BCUT2D eigenvalue weighted by Crippen LogP contribution is 2.42. The Balaban J connectivity index is 1.89. The van der Waals surface area contributed by atoms with Crippen LogP contribution in [0.5, 0.6) is 0 Å². The average Bonchev–Trinajstić information content (AvgIpc) is 2.60. The van der Waals surface area contributed by atoms with Crippen molar-refractivity contribution in [2.75, 3.05) is 12.4 Å². The molecule has 2 rings (SSSR count). The Bertz CT molecular complexity index is 292. The Labute approximate surface area is 131 Å². The van der Waals surface area contributed by atoms with Crippen molar-refractivity contribution in [2.45, 2.75) is 84.7 Å². The Morgan fingerprint density at radius 1 is 1.05 bits per heavy atom.